The number of nitrogens with one attached hydrogen (secondary N) is 2. The van der Waals surface area contributed by atoms with Crippen molar-refractivity contribution in [1.29, 1.82) is 0 Å². The second kappa shape index (κ2) is 7.00. The molecule has 7 heteroatoms. The van der Waals surface area contributed by atoms with Gasteiger partial charge in [0, 0.05) is 19.5 Å². The van der Waals surface area contributed by atoms with Gasteiger partial charge in [0.25, 0.3) is 11.1 Å². The molecule has 0 unspecified atom stereocenters. The molecule has 7 nitrogen and oxygen atoms in total. The van der Waals surface area contributed by atoms with Crippen LogP contribution in [0.4, 0.5) is 0 Å². The number of rotatable bonds is 4. The average Bonchev–Trinajstić information content (AvgIpc) is 2.63. The molecule has 2 aromatic rings. The number of hydrogen-bond acceptors (Lipinski definition) is 4. The first kappa shape index (κ1) is 16.4. The van der Waals surface area contributed by atoms with E-state index in [9.17, 15) is 14.4 Å². The van der Waals surface area contributed by atoms with Crippen LogP contribution < -0.4 is 16.4 Å². The van der Waals surface area contributed by atoms with Crippen LogP contribution in [-0.4, -0.2) is 46.8 Å². The summed E-state index contributed by atoms with van der Waals surface area (Å²) in [7, 11) is 1.81. The van der Waals surface area contributed by atoms with Crippen molar-refractivity contribution in [3.8, 4) is 0 Å². The first-order chi connectivity index (χ1) is 11.6. The molecule has 2 heterocycles. The Bertz CT molecular complexity index is 849. The van der Waals surface area contributed by atoms with Gasteiger partial charge in [0.15, 0.2) is 0 Å². The summed E-state index contributed by atoms with van der Waals surface area (Å²) in [6.45, 7) is 2.01. The lowest BCUT2D eigenvalue weighted by Crippen LogP contribution is -2.44. The zero-order valence-corrected chi connectivity index (χ0v) is 13.7. The van der Waals surface area contributed by atoms with E-state index in [1.165, 1.54) is 4.68 Å². The van der Waals surface area contributed by atoms with Crippen LogP contribution in [0.15, 0.2) is 33.9 Å². The lowest BCUT2D eigenvalue weighted by atomic mass is 10.1. The quantitative estimate of drug-likeness (QED) is 0.843. The van der Waals surface area contributed by atoms with Crippen LogP contribution in [0.2, 0.25) is 0 Å². The summed E-state index contributed by atoms with van der Waals surface area (Å²) >= 11 is 0. The Balaban J connectivity index is 1.73. The monoisotopic (exact) mass is 330 g/mol. The predicted molar refractivity (Wildman–Crippen MR) is 92.1 cm³/mol. The van der Waals surface area contributed by atoms with Crippen LogP contribution in [-0.2, 0) is 11.3 Å². The zero-order valence-electron chi connectivity index (χ0n) is 13.7. The lowest BCUT2D eigenvalue weighted by molar-refractivity contribution is -0.132. The highest BCUT2D eigenvalue weighted by Crippen LogP contribution is 2.11. The van der Waals surface area contributed by atoms with Gasteiger partial charge in [0.05, 0.1) is 17.3 Å². The number of carbonyl (C=O) groups excluding carboxylic acids is 1. The zero-order chi connectivity index (χ0) is 17.1. The van der Waals surface area contributed by atoms with Crippen LogP contribution in [0.1, 0.15) is 19.3 Å². The highest BCUT2D eigenvalue weighted by molar-refractivity contribution is 5.80. The van der Waals surface area contributed by atoms with Gasteiger partial charge >= 0.3 is 0 Å². The third-order valence-corrected chi connectivity index (χ3v) is 4.68. The number of hydrogen-bond donors (Lipinski definition) is 2. The Morgan fingerprint density at radius 1 is 1.21 bits per heavy atom. The van der Waals surface area contributed by atoms with Crippen LogP contribution in [0.5, 0.6) is 0 Å². The number of amides is 1. The number of aromatic amines is 1. The number of piperidine rings is 1. The standard InChI is InChI=1S/C17H22N4O3/c1-20(12-6-9-18-10-7-12)15(22)8-11-21-17(24)14-5-3-2-4-13(14)16(23)19-21/h2-5,12,18H,6-11H2,1H3,(H,19,23). The summed E-state index contributed by atoms with van der Waals surface area (Å²) < 4.78 is 1.23. The van der Waals surface area contributed by atoms with Crippen molar-refractivity contribution in [2.24, 2.45) is 0 Å². The van der Waals surface area contributed by atoms with E-state index in [-0.39, 0.29) is 36.0 Å². The largest absolute Gasteiger partial charge is 0.343 e. The molecule has 0 atom stereocenters. The minimum atomic E-state index is -0.315. The molecular formula is C17H22N4O3. The van der Waals surface area contributed by atoms with Gasteiger partial charge in [0.1, 0.15) is 0 Å². The first-order valence-electron chi connectivity index (χ1n) is 8.26. The normalized spacial score (nSPS) is 15.5. The minimum Gasteiger partial charge on any atom is -0.343 e. The van der Waals surface area contributed by atoms with Crippen molar-refractivity contribution in [3.63, 3.8) is 0 Å². The fourth-order valence-corrected chi connectivity index (χ4v) is 3.19. The Labute approximate surface area is 139 Å². The van der Waals surface area contributed by atoms with Crippen molar-refractivity contribution < 1.29 is 4.79 Å². The number of fused-ring (bicyclic) bond motifs is 1. The Morgan fingerprint density at radius 3 is 2.58 bits per heavy atom. The van der Waals surface area contributed by atoms with Gasteiger partial charge in [-0.1, -0.05) is 12.1 Å². The van der Waals surface area contributed by atoms with E-state index in [0.29, 0.717) is 10.8 Å². The summed E-state index contributed by atoms with van der Waals surface area (Å²) in [6, 6.07) is 6.94. The van der Waals surface area contributed by atoms with E-state index in [2.05, 4.69) is 10.4 Å². The van der Waals surface area contributed by atoms with Gasteiger partial charge in [-0.15, -0.1) is 0 Å². The molecule has 24 heavy (non-hydrogen) atoms. The molecule has 1 saturated heterocycles. The van der Waals surface area contributed by atoms with Gasteiger partial charge in [-0.05, 0) is 38.1 Å². The van der Waals surface area contributed by atoms with Gasteiger partial charge in [-0.2, -0.15) is 0 Å². The predicted octanol–water partition coefficient (Wildman–Crippen LogP) is 0.290. The third-order valence-electron chi connectivity index (χ3n) is 4.68. The molecule has 1 aromatic heterocycles. The van der Waals surface area contributed by atoms with E-state index in [4.69, 9.17) is 0 Å². The lowest BCUT2D eigenvalue weighted by Gasteiger charge is -2.31. The summed E-state index contributed by atoms with van der Waals surface area (Å²) in [6.07, 6.45) is 2.07. The SMILES string of the molecule is CN(C(=O)CCn1[nH]c(=O)c2ccccc2c1=O)C1CCNCC1. The Morgan fingerprint density at radius 2 is 1.88 bits per heavy atom. The summed E-state index contributed by atoms with van der Waals surface area (Å²) in [5.41, 5.74) is -0.591. The van der Waals surface area contributed by atoms with Gasteiger partial charge in [-0.3, -0.25) is 19.5 Å². The molecule has 1 fully saturated rings. The topological polar surface area (TPSA) is 87.2 Å². The molecule has 1 aromatic carbocycles. The maximum absolute atomic E-state index is 12.4. The van der Waals surface area contributed by atoms with Crippen molar-refractivity contribution in [2.75, 3.05) is 20.1 Å². The number of nitrogens with zero attached hydrogens (tertiary/aromatic N) is 2. The Kier molecular flexibility index (Phi) is 4.80. The van der Waals surface area contributed by atoms with E-state index in [1.807, 2.05) is 7.05 Å². The summed E-state index contributed by atoms with van der Waals surface area (Å²) in [5.74, 6) is -0.0113. The molecule has 0 radical (unpaired) electrons. The van der Waals surface area contributed by atoms with Crippen LogP contribution in [0.3, 0.4) is 0 Å². The molecule has 0 saturated carbocycles. The number of aryl methyl sites for hydroxylation is 1. The van der Waals surface area contributed by atoms with Gasteiger partial charge < -0.3 is 10.2 Å². The smallest absolute Gasteiger partial charge is 0.273 e. The second-order valence-corrected chi connectivity index (χ2v) is 6.18. The molecule has 0 aliphatic carbocycles. The second-order valence-electron chi connectivity index (χ2n) is 6.18. The molecule has 3 rings (SSSR count). The number of benzene rings is 1. The highest BCUT2D eigenvalue weighted by Gasteiger charge is 2.21. The highest BCUT2D eigenvalue weighted by atomic mass is 16.2. The van der Waals surface area contributed by atoms with E-state index in [1.54, 1.807) is 29.2 Å². The van der Waals surface area contributed by atoms with Gasteiger partial charge in [0.2, 0.25) is 5.91 Å². The fourth-order valence-electron chi connectivity index (χ4n) is 3.19. The van der Waals surface area contributed by atoms with E-state index in [0.717, 1.165) is 25.9 Å². The minimum absolute atomic E-state index is 0.0113. The van der Waals surface area contributed by atoms with Crippen LogP contribution in [0, 0.1) is 0 Å². The van der Waals surface area contributed by atoms with Crippen molar-refractivity contribution in [2.45, 2.75) is 31.8 Å². The molecule has 128 valence electrons. The molecule has 1 aliphatic heterocycles. The summed E-state index contributed by atoms with van der Waals surface area (Å²) in [5, 5.41) is 6.58. The third kappa shape index (κ3) is 3.26. The molecule has 2 N–H and O–H groups in total. The van der Waals surface area contributed by atoms with Crippen LogP contribution in [0.25, 0.3) is 10.8 Å². The number of H-pyrrole nitrogens is 1. The average molecular weight is 330 g/mol. The fraction of sp³-hybridized carbons (Fsp3) is 0.471. The molecule has 0 bridgehead atoms. The van der Waals surface area contributed by atoms with E-state index >= 15 is 0 Å². The number of carbonyl (C=O) groups is 1. The van der Waals surface area contributed by atoms with Crippen LogP contribution >= 0.6 is 0 Å². The summed E-state index contributed by atoms with van der Waals surface area (Å²) in [4.78, 5) is 38.6. The number of aromatic nitrogens is 2. The molecule has 1 amide bonds. The molecular weight excluding hydrogens is 308 g/mol. The molecule has 1 aliphatic rings. The van der Waals surface area contributed by atoms with E-state index < -0.39 is 0 Å². The first-order valence-corrected chi connectivity index (χ1v) is 8.26. The van der Waals surface area contributed by atoms with Crippen molar-refractivity contribution in [3.05, 3.63) is 45.0 Å². The van der Waals surface area contributed by atoms with Gasteiger partial charge in [-0.25, -0.2) is 4.68 Å². The van der Waals surface area contributed by atoms with Crippen molar-refractivity contribution in [1.82, 2.24) is 20.0 Å². The Hall–Kier alpha value is -2.41. The molecule has 0 spiro atoms. The maximum atomic E-state index is 12.4. The van der Waals surface area contributed by atoms with Crippen molar-refractivity contribution >= 4 is 16.7 Å². The maximum Gasteiger partial charge on any atom is 0.273 e.